The molecule has 0 radical (unpaired) electrons. The SMILES string of the molecule is COc1ccc(C[NH+]2CCN(C(=O)c3ccc(OCC(N)=O)c(OC)c3)CC2)cc1. The van der Waals surface area contributed by atoms with Gasteiger partial charge in [-0.3, -0.25) is 9.59 Å². The molecule has 8 heteroatoms. The van der Waals surface area contributed by atoms with Crippen LogP contribution in [0.3, 0.4) is 0 Å². The molecule has 1 saturated heterocycles. The van der Waals surface area contributed by atoms with Gasteiger partial charge in [-0.15, -0.1) is 0 Å². The third-order valence-corrected chi connectivity index (χ3v) is 5.15. The zero-order valence-corrected chi connectivity index (χ0v) is 17.3. The maximum atomic E-state index is 12.9. The monoisotopic (exact) mass is 414 g/mol. The Morgan fingerprint density at radius 2 is 1.70 bits per heavy atom. The first kappa shape index (κ1) is 21.4. The Kier molecular flexibility index (Phi) is 7.13. The molecular weight excluding hydrogens is 386 g/mol. The van der Waals surface area contributed by atoms with Gasteiger partial charge < -0.3 is 29.7 Å². The summed E-state index contributed by atoms with van der Waals surface area (Å²) >= 11 is 0. The first-order chi connectivity index (χ1) is 14.5. The van der Waals surface area contributed by atoms with Crippen LogP contribution in [0.25, 0.3) is 0 Å². The van der Waals surface area contributed by atoms with Crippen LogP contribution in [0.15, 0.2) is 42.5 Å². The quantitative estimate of drug-likeness (QED) is 0.639. The third kappa shape index (κ3) is 5.42. The highest BCUT2D eigenvalue weighted by Crippen LogP contribution is 2.28. The van der Waals surface area contributed by atoms with Crippen molar-refractivity contribution in [1.29, 1.82) is 0 Å². The zero-order valence-electron chi connectivity index (χ0n) is 17.3. The molecule has 2 amide bonds. The lowest BCUT2D eigenvalue weighted by atomic mass is 10.1. The van der Waals surface area contributed by atoms with Crippen molar-refractivity contribution in [1.82, 2.24) is 4.90 Å². The lowest BCUT2D eigenvalue weighted by molar-refractivity contribution is -0.917. The van der Waals surface area contributed by atoms with Crippen LogP contribution in [0.5, 0.6) is 17.2 Å². The second kappa shape index (κ2) is 9.98. The summed E-state index contributed by atoms with van der Waals surface area (Å²) in [7, 11) is 3.15. The Morgan fingerprint density at radius 3 is 2.30 bits per heavy atom. The number of hydrogen-bond acceptors (Lipinski definition) is 5. The van der Waals surface area contributed by atoms with Crippen LogP contribution in [-0.2, 0) is 11.3 Å². The van der Waals surface area contributed by atoms with E-state index >= 15 is 0 Å². The average molecular weight is 414 g/mol. The molecule has 0 atom stereocenters. The van der Waals surface area contributed by atoms with Crippen molar-refractivity contribution in [2.75, 3.05) is 47.0 Å². The molecule has 1 fully saturated rings. The van der Waals surface area contributed by atoms with Crippen molar-refractivity contribution in [3.63, 3.8) is 0 Å². The van der Waals surface area contributed by atoms with Crippen LogP contribution in [-0.4, -0.2) is 63.7 Å². The lowest BCUT2D eigenvalue weighted by Gasteiger charge is -2.32. The van der Waals surface area contributed by atoms with E-state index in [9.17, 15) is 9.59 Å². The van der Waals surface area contributed by atoms with Crippen molar-refractivity contribution in [3.05, 3.63) is 53.6 Å². The summed E-state index contributed by atoms with van der Waals surface area (Å²) in [5.74, 6) is 1.00. The predicted octanol–water partition coefficient (Wildman–Crippen LogP) is 0.109. The van der Waals surface area contributed by atoms with Crippen molar-refractivity contribution in [2.24, 2.45) is 5.73 Å². The summed E-state index contributed by atoms with van der Waals surface area (Å²) in [6.07, 6.45) is 0. The van der Waals surface area contributed by atoms with E-state index in [2.05, 4.69) is 12.1 Å². The van der Waals surface area contributed by atoms with E-state index in [-0.39, 0.29) is 12.5 Å². The number of piperazine rings is 1. The predicted molar refractivity (Wildman–Crippen MR) is 111 cm³/mol. The van der Waals surface area contributed by atoms with Crippen molar-refractivity contribution in [2.45, 2.75) is 6.54 Å². The molecule has 2 aromatic carbocycles. The number of carbonyl (C=O) groups is 2. The molecule has 0 saturated carbocycles. The number of ether oxygens (including phenoxy) is 3. The second-order valence-electron chi connectivity index (χ2n) is 7.19. The van der Waals surface area contributed by atoms with Crippen LogP contribution in [0.2, 0.25) is 0 Å². The maximum absolute atomic E-state index is 12.9. The Balaban J connectivity index is 1.57. The second-order valence-corrected chi connectivity index (χ2v) is 7.19. The number of primary amides is 1. The average Bonchev–Trinajstić information content (AvgIpc) is 2.78. The number of hydrogen-bond donors (Lipinski definition) is 2. The van der Waals surface area contributed by atoms with Gasteiger partial charge in [-0.2, -0.15) is 0 Å². The highest BCUT2D eigenvalue weighted by molar-refractivity contribution is 5.95. The Labute approximate surface area is 176 Å². The van der Waals surface area contributed by atoms with Crippen LogP contribution in [0, 0.1) is 0 Å². The maximum Gasteiger partial charge on any atom is 0.255 e. The summed E-state index contributed by atoms with van der Waals surface area (Å²) in [5, 5.41) is 0. The van der Waals surface area contributed by atoms with Gasteiger partial charge in [0.2, 0.25) is 0 Å². The molecule has 0 spiro atoms. The van der Waals surface area contributed by atoms with Crippen molar-refractivity contribution >= 4 is 11.8 Å². The molecular formula is C22H28N3O5+. The van der Waals surface area contributed by atoms with Gasteiger partial charge in [0.1, 0.15) is 12.3 Å². The molecule has 3 rings (SSSR count). The molecule has 3 N–H and O–H groups in total. The summed E-state index contributed by atoms with van der Waals surface area (Å²) in [4.78, 5) is 27.1. The van der Waals surface area contributed by atoms with E-state index in [1.54, 1.807) is 25.3 Å². The van der Waals surface area contributed by atoms with Crippen LogP contribution in [0.4, 0.5) is 0 Å². The van der Waals surface area contributed by atoms with Gasteiger partial charge in [0.15, 0.2) is 18.1 Å². The molecule has 0 aliphatic carbocycles. The topological polar surface area (TPSA) is 95.5 Å². The molecule has 2 aromatic rings. The Morgan fingerprint density at radius 1 is 1.00 bits per heavy atom. The number of benzene rings is 2. The Hall–Kier alpha value is -3.26. The minimum absolute atomic E-state index is 0.0433. The first-order valence-corrected chi connectivity index (χ1v) is 9.85. The summed E-state index contributed by atoms with van der Waals surface area (Å²) in [6, 6.07) is 13.0. The van der Waals surface area contributed by atoms with E-state index in [4.69, 9.17) is 19.9 Å². The number of carbonyl (C=O) groups excluding carboxylic acids is 2. The summed E-state index contributed by atoms with van der Waals surface area (Å²) in [6.45, 7) is 3.82. The smallest absolute Gasteiger partial charge is 0.255 e. The fourth-order valence-corrected chi connectivity index (χ4v) is 3.49. The van der Waals surface area contributed by atoms with Crippen LogP contribution in [0.1, 0.15) is 15.9 Å². The number of amides is 2. The van der Waals surface area contributed by atoms with Gasteiger partial charge in [-0.1, -0.05) is 0 Å². The van der Waals surface area contributed by atoms with E-state index in [0.29, 0.717) is 30.2 Å². The minimum atomic E-state index is -0.577. The lowest BCUT2D eigenvalue weighted by Crippen LogP contribution is -3.13. The van der Waals surface area contributed by atoms with Crippen molar-refractivity contribution in [3.8, 4) is 17.2 Å². The number of methoxy groups -OCH3 is 2. The number of quaternary nitrogens is 1. The fourth-order valence-electron chi connectivity index (χ4n) is 3.49. The molecule has 1 heterocycles. The molecule has 30 heavy (non-hydrogen) atoms. The first-order valence-electron chi connectivity index (χ1n) is 9.85. The van der Waals surface area contributed by atoms with Gasteiger partial charge in [0.25, 0.3) is 11.8 Å². The summed E-state index contributed by atoms with van der Waals surface area (Å²) < 4.78 is 15.8. The van der Waals surface area contributed by atoms with E-state index in [1.165, 1.54) is 17.6 Å². The van der Waals surface area contributed by atoms with Gasteiger partial charge >= 0.3 is 0 Å². The van der Waals surface area contributed by atoms with Crippen LogP contribution >= 0.6 is 0 Å². The minimum Gasteiger partial charge on any atom is -0.497 e. The normalized spacial score (nSPS) is 14.3. The molecule has 8 nitrogen and oxygen atoms in total. The van der Waals surface area contributed by atoms with Gasteiger partial charge in [-0.25, -0.2) is 0 Å². The highest BCUT2D eigenvalue weighted by Gasteiger charge is 2.25. The van der Waals surface area contributed by atoms with E-state index < -0.39 is 5.91 Å². The molecule has 160 valence electrons. The van der Waals surface area contributed by atoms with Gasteiger partial charge in [0.05, 0.1) is 40.4 Å². The summed E-state index contributed by atoms with van der Waals surface area (Å²) in [5.41, 5.74) is 6.88. The van der Waals surface area contributed by atoms with E-state index in [1.807, 2.05) is 17.0 Å². The molecule has 0 bridgehead atoms. The standard InChI is InChI=1S/C22H27N3O5/c1-28-18-6-3-16(4-7-18)14-24-9-11-25(12-10-24)22(27)17-5-8-19(20(13-17)29-2)30-15-21(23)26/h3-8,13H,9-12,14-15H2,1-2H3,(H2,23,26)/p+1. The van der Waals surface area contributed by atoms with Crippen LogP contribution < -0.4 is 24.8 Å². The number of nitrogens with two attached hydrogens (primary N) is 1. The van der Waals surface area contributed by atoms with Crippen molar-refractivity contribution < 1.29 is 28.7 Å². The van der Waals surface area contributed by atoms with Gasteiger partial charge in [-0.05, 0) is 42.5 Å². The van der Waals surface area contributed by atoms with Gasteiger partial charge in [0, 0.05) is 11.1 Å². The third-order valence-electron chi connectivity index (χ3n) is 5.15. The Bertz CT molecular complexity index is 877. The highest BCUT2D eigenvalue weighted by atomic mass is 16.5. The largest absolute Gasteiger partial charge is 0.497 e. The number of nitrogens with zero attached hydrogens (tertiary/aromatic N) is 1. The number of rotatable bonds is 8. The molecule has 1 aliphatic heterocycles. The zero-order chi connectivity index (χ0) is 21.5. The molecule has 1 aliphatic rings. The van der Waals surface area contributed by atoms with E-state index in [0.717, 1.165) is 25.4 Å². The molecule has 0 unspecified atom stereocenters. The number of nitrogens with one attached hydrogen (secondary N) is 1. The fraction of sp³-hybridized carbons (Fsp3) is 0.364. The molecule has 0 aromatic heterocycles.